The predicted molar refractivity (Wildman–Crippen MR) is 110 cm³/mol. The molecule has 30 heavy (non-hydrogen) atoms. The molecule has 0 aliphatic heterocycles. The first kappa shape index (κ1) is 21.8. The van der Waals surface area contributed by atoms with E-state index >= 15 is 0 Å². The van der Waals surface area contributed by atoms with Gasteiger partial charge in [0.05, 0.1) is 22.0 Å². The maximum absolute atomic E-state index is 13.0. The Bertz CT molecular complexity index is 1190. The van der Waals surface area contributed by atoms with Crippen LogP contribution in [0.4, 0.5) is 14.5 Å². The Morgan fingerprint density at radius 2 is 1.73 bits per heavy atom. The fraction of sp³-hybridized carbons (Fsp3) is 0.350. The van der Waals surface area contributed by atoms with Crippen molar-refractivity contribution in [2.45, 2.75) is 50.3 Å². The number of anilines is 1. The van der Waals surface area contributed by atoms with Gasteiger partial charge in [0, 0.05) is 17.4 Å². The second-order valence-electron chi connectivity index (χ2n) is 7.45. The molecule has 2 heterocycles. The molecular formula is C20H22F2N4O3S. The van der Waals surface area contributed by atoms with Crippen LogP contribution in [0.3, 0.4) is 0 Å². The zero-order valence-electron chi connectivity index (χ0n) is 16.9. The van der Waals surface area contributed by atoms with Crippen LogP contribution in [0.1, 0.15) is 55.7 Å². The van der Waals surface area contributed by atoms with Gasteiger partial charge in [0.2, 0.25) is 9.84 Å². The monoisotopic (exact) mass is 436 g/mol. The van der Waals surface area contributed by atoms with E-state index in [4.69, 9.17) is 0 Å². The summed E-state index contributed by atoms with van der Waals surface area (Å²) in [4.78, 5) is 17.1. The molecule has 0 spiro atoms. The molecule has 0 unspecified atom stereocenters. The minimum absolute atomic E-state index is 0.0534. The third kappa shape index (κ3) is 4.04. The van der Waals surface area contributed by atoms with Crippen LogP contribution in [-0.4, -0.2) is 34.8 Å². The van der Waals surface area contributed by atoms with Gasteiger partial charge in [0.1, 0.15) is 0 Å². The lowest BCUT2D eigenvalue weighted by Crippen LogP contribution is -2.15. The average Bonchev–Trinajstić information content (AvgIpc) is 3.11. The maximum atomic E-state index is 13.0. The van der Waals surface area contributed by atoms with E-state index in [9.17, 15) is 22.0 Å². The van der Waals surface area contributed by atoms with Crippen molar-refractivity contribution in [2.24, 2.45) is 0 Å². The first-order valence-corrected chi connectivity index (χ1v) is 10.9. The van der Waals surface area contributed by atoms with Crippen LogP contribution in [0, 0.1) is 0 Å². The molecule has 160 valence electrons. The lowest BCUT2D eigenvalue weighted by molar-refractivity contribution is 0.102. The summed E-state index contributed by atoms with van der Waals surface area (Å²) in [6, 6.07) is 6.37. The Balaban J connectivity index is 1.97. The molecule has 0 fully saturated rings. The van der Waals surface area contributed by atoms with Gasteiger partial charge in [-0.15, -0.1) is 0 Å². The maximum Gasteiger partial charge on any atom is 0.341 e. The normalized spacial score (nSPS) is 12.3. The molecule has 0 radical (unpaired) electrons. The lowest BCUT2D eigenvalue weighted by Gasteiger charge is -2.12. The molecule has 3 rings (SSSR count). The Morgan fingerprint density at radius 3 is 2.27 bits per heavy atom. The minimum atomic E-state index is -4.69. The predicted octanol–water partition coefficient (Wildman–Crippen LogP) is 4.38. The first-order chi connectivity index (χ1) is 14.0. The van der Waals surface area contributed by atoms with Gasteiger partial charge in [-0.25, -0.2) is 18.1 Å². The summed E-state index contributed by atoms with van der Waals surface area (Å²) in [5.41, 5.74) is 1.98. The molecule has 0 saturated heterocycles. The van der Waals surface area contributed by atoms with Crippen molar-refractivity contribution in [1.82, 2.24) is 14.8 Å². The molecule has 0 bridgehead atoms. The number of alkyl halides is 2. The summed E-state index contributed by atoms with van der Waals surface area (Å²) >= 11 is 0. The number of nitrogens with zero attached hydrogens (tertiary/aromatic N) is 3. The van der Waals surface area contributed by atoms with Gasteiger partial charge in [0.15, 0.2) is 5.65 Å². The van der Waals surface area contributed by atoms with Gasteiger partial charge in [0.25, 0.3) is 5.91 Å². The van der Waals surface area contributed by atoms with Gasteiger partial charge < -0.3 is 5.32 Å². The summed E-state index contributed by atoms with van der Waals surface area (Å²) in [6.45, 7) is 7.86. The number of hydrogen-bond acceptors (Lipinski definition) is 5. The molecule has 1 amide bonds. The number of nitrogens with one attached hydrogen (secondary N) is 1. The van der Waals surface area contributed by atoms with Gasteiger partial charge in [-0.05, 0) is 50.1 Å². The van der Waals surface area contributed by atoms with Gasteiger partial charge >= 0.3 is 5.76 Å². The van der Waals surface area contributed by atoms with Crippen molar-refractivity contribution < 1.29 is 22.0 Å². The van der Waals surface area contributed by atoms with E-state index in [-0.39, 0.29) is 17.6 Å². The number of pyridine rings is 1. The summed E-state index contributed by atoms with van der Waals surface area (Å²) in [6.07, 6.45) is 1.58. The number of amides is 1. The zero-order chi connectivity index (χ0) is 22.2. The van der Waals surface area contributed by atoms with E-state index in [1.54, 1.807) is 16.9 Å². The standard InChI is InChI=1S/C20H22F2N4O3S/c1-11(2)17-9-15(16-10-23-26(12(3)4)18(16)25-17)19(27)24-13-5-7-14(8-6-13)30(28,29)20(21)22/h5-12,20H,1-4H3,(H,24,27). The quantitative estimate of drug-likeness (QED) is 0.619. The molecule has 1 aromatic carbocycles. The van der Waals surface area contributed by atoms with E-state index < -0.39 is 26.4 Å². The molecule has 1 N–H and O–H groups in total. The molecule has 0 atom stereocenters. The van der Waals surface area contributed by atoms with Crippen molar-refractivity contribution in [1.29, 1.82) is 0 Å². The minimum Gasteiger partial charge on any atom is -0.322 e. The van der Waals surface area contributed by atoms with Gasteiger partial charge in [-0.2, -0.15) is 13.9 Å². The highest BCUT2D eigenvalue weighted by Gasteiger charge is 2.26. The second-order valence-corrected chi connectivity index (χ2v) is 9.37. The van der Waals surface area contributed by atoms with E-state index in [2.05, 4.69) is 15.4 Å². The number of benzene rings is 1. The highest BCUT2D eigenvalue weighted by molar-refractivity contribution is 7.91. The molecule has 3 aromatic rings. The van der Waals surface area contributed by atoms with Crippen molar-refractivity contribution in [3.05, 3.63) is 47.8 Å². The highest BCUT2D eigenvalue weighted by atomic mass is 32.2. The van der Waals surface area contributed by atoms with Crippen molar-refractivity contribution in [2.75, 3.05) is 5.32 Å². The van der Waals surface area contributed by atoms with Crippen LogP contribution >= 0.6 is 0 Å². The number of rotatable bonds is 6. The largest absolute Gasteiger partial charge is 0.341 e. The van der Waals surface area contributed by atoms with Gasteiger partial charge in [-0.1, -0.05) is 13.8 Å². The zero-order valence-corrected chi connectivity index (χ0v) is 17.7. The van der Waals surface area contributed by atoms with E-state index in [0.29, 0.717) is 16.6 Å². The van der Waals surface area contributed by atoms with Crippen LogP contribution in [-0.2, 0) is 9.84 Å². The molecule has 7 nitrogen and oxygen atoms in total. The summed E-state index contributed by atoms with van der Waals surface area (Å²) < 4.78 is 50.2. The Labute approximate surface area is 173 Å². The second kappa shape index (κ2) is 8.10. The van der Waals surface area contributed by atoms with E-state index in [1.807, 2.05) is 27.7 Å². The molecule has 2 aromatic heterocycles. The van der Waals surface area contributed by atoms with Crippen LogP contribution in [0.2, 0.25) is 0 Å². The smallest absolute Gasteiger partial charge is 0.322 e. The van der Waals surface area contributed by atoms with Crippen LogP contribution in [0.25, 0.3) is 11.0 Å². The molecule has 10 heteroatoms. The van der Waals surface area contributed by atoms with Crippen molar-refractivity contribution >= 4 is 32.5 Å². The molecule has 0 aliphatic carbocycles. The third-order valence-corrected chi connectivity index (χ3v) is 5.99. The van der Waals surface area contributed by atoms with Gasteiger partial charge in [-0.3, -0.25) is 4.79 Å². The average molecular weight is 436 g/mol. The topological polar surface area (TPSA) is 94.0 Å². The SMILES string of the molecule is CC(C)c1cc(C(=O)Nc2ccc(S(=O)(=O)C(F)F)cc2)c2cnn(C(C)C)c2n1. The number of carbonyl (C=O) groups excluding carboxylic acids is 1. The van der Waals surface area contributed by atoms with Crippen molar-refractivity contribution in [3.8, 4) is 0 Å². The number of carbonyl (C=O) groups is 1. The summed E-state index contributed by atoms with van der Waals surface area (Å²) in [5.74, 6) is -3.86. The number of hydrogen-bond donors (Lipinski definition) is 1. The molecule has 0 saturated carbocycles. The fourth-order valence-electron chi connectivity index (χ4n) is 2.93. The number of sulfone groups is 1. The fourth-order valence-corrected chi connectivity index (χ4v) is 3.65. The van der Waals surface area contributed by atoms with Crippen LogP contribution in [0.15, 0.2) is 41.4 Å². The van der Waals surface area contributed by atoms with E-state index in [1.165, 1.54) is 12.1 Å². The molecular weight excluding hydrogens is 414 g/mol. The summed E-state index contributed by atoms with van der Waals surface area (Å²) in [7, 11) is -4.69. The number of fused-ring (bicyclic) bond motifs is 1. The van der Waals surface area contributed by atoms with E-state index in [0.717, 1.165) is 17.8 Å². The Morgan fingerprint density at radius 1 is 1.10 bits per heavy atom. The Hall–Kier alpha value is -2.88. The Kier molecular flexibility index (Phi) is 5.89. The third-order valence-electron chi connectivity index (χ3n) is 4.59. The number of halogens is 2. The van der Waals surface area contributed by atoms with Crippen LogP contribution < -0.4 is 5.32 Å². The first-order valence-electron chi connectivity index (χ1n) is 9.34. The summed E-state index contributed by atoms with van der Waals surface area (Å²) in [5, 5.41) is 7.60. The number of aromatic nitrogens is 3. The van der Waals surface area contributed by atoms with Crippen molar-refractivity contribution in [3.63, 3.8) is 0 Å². The van der Waals surface area contributed by atoms with Crippen LogP contribution in [0.5, 0.6) is 0 Å². The highest BCUT2D eigenvalue weighted by Crippen LogP contribution is 2.26. The molecule has 0 aliphatic rings. The lowest BCUT2D eigenvalue weighted by atomic mass is 10.0.